The molecule has 2 N–H and O–H groups in total. The lowest BCUT2D eigenvalue weighted by Crippen LogP contribution is -2.30. The molecule has 0 fully saturated rings. The minimum absolute atomic E-state index is 0.116. The van der Waals surface area contributed by atoms with Crippen LogP contribution in [-0.4, -0.2) is 12.7 Å². The van der Waals surface area contributed by atoms with Gasteiger partial charge < -0.3 is 5.73 Å². The average molecular weight is 323 g/mol. The van der Waals surface area contributed by atoms with Gasteiger partial charge in [-0.1, -0.05) is 47.4 Å². The summed E-state index contributed by atoms with van der Waals surface area (Å²) >= 11 is 9.40. The molecular weight excluding hydrogens is 305 g/mol. The van der Waals surface area contributed by atoms with Crippen molar-refractivity contribution in [2.24, 2.45) is 17.6 Å². The quantitative estimate of drug-likeness (QED) is 0.863. The van der Waals surface area contributed by atoms with Gasteiger partial charge in [-0.2, -0.15) is 0 Å². The molecule has 0 aliphatic rings. The number of nitrogens with two attached hydrogens (primary N) is 1. The molecule has 1 nitrogen and oxygen atoms in total. The summed E-state index contributed by atoms with van der Waals surface area (Å²) in [6.07, 6.45) is -0.620. The molecule has 4 heteroatoms. The minimum atomic E-state index is -0.946. The average Bonchev–Trinajstić information content (AvgIpc) is 2.22. The van der Waals surface area contributed by atoms with Gasteiger partial charge in [0.15, 0.2) is 0 Å². The molecular formula is C13H18BrClFN. The summed E-state index contributed by atoms with van der Waals surface area (Å²) in [6, 6.07) is 5.52. The lowest BCUT2D eigenvalue weighted by Gasteiger charge is -2.23. The molecule has 2 unspecified atom stereocenters. The van der Waals surface area contributed by atoms with Crippen LogP contribution in [0, 0.1) is 11.8 Å². The first kappa shape index (κ1) is 14.9. The second-order valence-electron chi connectivity index (χ2n) is 4.60. The monoisotopic (exact) mass is 321 g/mol. The van der Waals surface area contributed by atoms with Gasteiger partial charge in [-0.3, -0.25) is 0 Å². The molecule has 1 aromatic rings. The Morgan fingerprint density at radius 1 is 1.41 bits per heavy atom. The van der Waals surface area contributed by atoms with Gasteiger partial charge in [0, 0.05) is 21.8 Å². The van der Waals surface area contributed by atoms with E-state index in [2.05, 4.69) is 15.9 Å². The largest absolute Gasteiger partial charge is 0.330 e. The van der Waals surface area contributed by atoms with Crippen LogP contribution in [0.4, 0.5) is 4.39 Å². The molecule has 0 aliphatic carbocycles. The van der Waals surface area contributed by atoms with Crippen molar-refractivity contribution >= 4 is 27.5 Å². The lowest BCUT2D eigenvalue weighted by molar-refractivity contribution is 0.185. The van der Waals surface area contributed by atoms with Crippen LogP contribution in [0.25, 0.3) is 0 Å². The highest BCUT2D eigenvalue weighted by Crippen LogP contribution is 2.26. The number of alkyl halides is 1. The van der Waals surface area contributed by atoms with Crippen LogP contribution in [0.5, 0.6) is 0 Å². The highest BCUT2D eigenvalue weighted by molar-refractivity contribution is 9.10. The third-order valence-electron chi connectivity index (χ3n) is 3.02. The topological polar surface area (TPSA) is 26.0 Å². The summed E-state index contributed by atoms with van der Waals surface area (Å²) in [4.78, 5) is 0. The summed E-state index contributed by atoms with van der Waals surface area (Å²) in [6.45, 7) is 4.35. The van der Waals surface area contributed by atoms with E-state index in [9.17, 15) is 4.39 Å². The second-order valence-corrected chi connectivity index (χ2v) is 5.92. The first-order chi connectivity index (χ1) is 7.95. The summed E-state index contributed by atoms with van der Waals surface area (Å²) in [7, 11) is 0. The van der Waals surface area contributed by atoms with Gasteiger partial charge in [0.25, 0.3) is 0 Å². The molecule has 0 saturated carbocycles. The zero-order valence-electron chi connectivity index (χ0n) is 10.1. The number of rotatable bonds is 5. The predicted octanol–water partition coefficient (Wildman–Crippen LogP) is 4.21. The maximum absolute atomic E-state index is 14.1. The van der Waals surface area contributed by atoms with E-state index >= 15 is 0 Å². The lowest BCUT2D eigenvalue weighted by atomic mass is 9.88. The van der Waals surface area contributed by atoms with E-state index in [1.54, 1.807) is 6.07 Å². The van der Waals surface area contributed by atoms with Crippen molar-refractivity contribution in [2.45, 2.75) is 26.4 Å². The SMILES string of the molecule is CC(C)C(CN)C(F)Cc1ccc(Br)cc1Cl. The molecule has 0 radical (unpaired) electrons. The first-order valence-corrected chi connectivity index (χ1v) is 6.90. The Morgan fingerprint density at radius 3 is 2.53 bits per heavy atom. The Morgan fingerprint density at radius 2 is 2.06 bits per heavy atom. The zero-order valence-corrected chi connectivity index (χ0v) is 12.4. The summed E-state index contributed by atoms with van der Waals surface area (Å²) in [5, 5.41) is 0.599. The molecule has 1 aromatic carbocycles. The van der Waals surface area contributed by atoms with E-state index in [4.69, 9.17) is 17.3 Å². The van der Waals surface area contributed by atoms with Gasteiger partial charge in [-0.05, 0) is 30.2 Å². The van der Waals surface area contributed by atoms with Crippen molar-refractivity contribution in [3.8, 4) is 0 Å². The highest BCUT2D eigenvalue weighted by Gasteiger charge is 2.23. The smallest absolute Gasteiger partial charge is 0.108 e. The highest BCUT2D eigenvalue weighted by atomic mass is 79.9. The molecule has 0 aromatic heterocycles. The normalized spacial score (nSPS) is 15.0. The molecule has 0 aliphatic heterocycles. The van der Waals surface area contributed by atoms with Gasteiger partial charge in [0.05, 0.1) is 0 Å². The van der Waals surface area contributed by atoms with Crippen molar-refractivity contribution in [3.63, 3.8) is 0 Å². The predicted molar refractivity (Wildman–Crippen MR) is 75.1 cm³/mol. The van der Waals surface area contributed by atoms with E-state index in [1.807, 2.05) is 26.0 Å². The summed E-state index contributed by atoms with van der Waals surface area (Å²) in [5.41, 5.74) is 6.44. The van der Waals surface area contributed by atoms with Crippen molar-refractivity contribution in [1.29, 1.82) is 0 Å². The Labute approximate surface area is 116 Å². The number of hydrogen-bond donors (Lipinski definition) is 1. The molecule has 0 saturated heterocycles. The fourth-order valence-corrected chi connectivity index (χ4v) is 2.64. The van der Waals surface area contributed by atoms with Gasteiger partial charge >= 0.3 is 0 Å². The van der Waals surface area contributed by atoms with E-state index in [0.29, 0.717) is 18.0 Å². The van der Waals surface area contributed by atoms with Crippen molar-refractivity contribution < 1.29 is 4.39 Å². The zero-order chi connectivity index (χ0) is 13.0. The van der Waals surface area contributed by atoms with Crippen molar-refractivity contribution in [2.75, 3.05) is 6.54 Å². The van der Waals surface area contributed by atoms with Crippen molar-refractivity contribution in [1.82, 2.24) is 0 Å². The minimum Gasteiger partial charge on any atom is -0.330 e. The van der Waals surface area contributed by atoms with Gasteiger partial charge in [0.2, 0.25) is 0 Å². The molecule has 1 rings (SSSR count). The molecule has 0 amide bonds. The third-order valence-corrected chi connectivity index (χ3v) is 3.87. The third kappa shape index (κ3) is 4.23. The maximum Gasteiger partial charge on any atom is 0.108 e. The van der Waals surface area contributed by atoms with Crippen LogP contribution in [-0.2, 0) is 6.42 Å². The molecule has 17 heavy (non-hydrogen) atoms. The van der Waals surface area contributed by atoms with Crippen LogP contribution >= 0.6 is 27.5 Å². The number of hydrogen-bond acceptors (Lipinski definition) is 1. The first-order valence-electron chi connectivity index (χ1n) is 5.73. The van der Waals surface area contributed by atoms with Crippen LogP contribution in [0.2, 0.25) is 5.02 Å². The van der Waals surface area contributed by atoms with E-state index in [-0.39, 0.29) is 11.8 Å². The van der Waals surface area contributed by atoms with E-state index in [0.717, 1.165) is 10.0 Å². The Hall–Kier alpha value is -0.120. The summed E-state index contributed by atoms with van der Waals surface area (Å²) < 4.78 is 15.0. The molecule has 2 atom stereocenters. The summed E-state index contributed by atoms with van der Waals surface area (Å²) in [5.74, 6) is 0.124. The number of benzene rings is 1. The van der Waals surface area contributed by atoms with Gasteiger partial charge in [0.1, 0.15) is 6.17 Å². The standard InChI is InChI=1S/C13H18BrClFN/c1-8(2)11(7-17)13(16)5-9-3-4-10(14)6-12(9)15/h3-4,6,8,11,13H,5,7,17H2,1-2H3. The molecule has 0 spiro atoms. The fourth-order valence-electron chi connectivity index (χ4n) is 1.89. The number of halogens is 3. The Bertz CT molecular complexity index is 370. The van der Waals surface area contributed by atoms with Crippen LogP contribution in [0.15, 0.2) is 22.7 Å². The van der Waals surface area contributed by atoms with Crippen LogP contribution in [0.1, 0.15) is 19.4 Å². The molecule has 0 heterocycles. The van der Waals surface area contributed by atoms with Crippen LogP contribution in [0.3, 0.4) is 0 Å². The van der Waals surface area contributed by atoms with Gasteiger partial charge in [-0.15, -0.1) is 0 Å². The molecule has 96 valence electrons. The van der Waals surface area contributed by atoms with Crippen molar-refractivity contribution in [3.05, 3.63) is 33.3 Å². The molecule has 0 bridgehead atoms. The second kappa shape index (κ2) is 6.72. The van der Waals surface area contributed by atoms with E-state index in [1.165, 1.54) is 0 Å². The fraction of sp³-hybridized carbons (Fsp3) is 0.538. The Balaban J connectivity index is 2.76. The van der Waals surface area contributed by atoms with E-state index < -0.39 is 6.17 Å². The maximum atomic E-state index is 14.1. The van der Waals surface area contributed by atoms with Crippen LogP contribution < -0.4 is 5.73 Å². The van der Waals surface area contributed by atoms with Gasteiger partial charge in [-0.25, -0.2) is 4.39 Å². The Kier molecular flexibility index (Phi) is 5.90.